The lowest BCUT2D eigenvalue weighted by atomic mass is 9.93. The van der Waals surface area contributed by atoms with Gasteiger partial charge in [-0.2, -0.15) is 5.10 Å². The van der Waals surface area contributed by atoms with Crippen molar-refractivity contribution in [3.63, 3.8) is 0 Å². The molecule has 1 aliphatic heterocycles. The van der Waals surface area contributed by atoms with Crippen LogP contribution in [-0.4, -0.2) is 34.3 Å². The third kappa shape index (κ3) is 1.82. The van der Waals surface area contributed by atoms with E-state index in [4.69, 9.17) is 0 Å². The zero-order valence-corrected chi connectivity index (χ0v) is 9.11. The number of piperidine rings is 1. The summed E-state index contributed by atoms with van der Waals surface area (Å²) in [4.78, 5) is 2.52. The molecule has 2 rings (SSSR count). The second kappa shape index (κ2) is 4.13. The van der Waals surface area contributed by atoms with Crippen LogP contribution in [0.5, 0.6) is 0 Å². The minimum absolute atomic E-state index is 0.727. The maximum absolute atomic E-state index is 4.23. The first-order chi connectivity index (χ1) is 6.81. The molecule has 1 saturated heterocycles. The van der Waals surface area contributed by atoms with Crippen LogP contribution in [0.4, 0.5) is 0 Å². The first kappa shape index (κ1) is 9.71. The van der Waals surface area contributed by atoms with E-state index in [0.29, 0.717) is 0 Å². The van der Waals surface area contributed by atoms with E-state index in [0.717, 1.165) is 5.92 Å². The number of aryl methyl sites for hydroxylation is 1. The van der Waals surface area contributed by atoms with Gasteiger partial charge in [0, 0.05) is 24.9 Å². The number of hydrogen-bond acceptors (Lipinski definition) is 2. The summed E-state index contributed by atoms with van der Waals surface area (Å²) < 4.78 is 2.02. The van der Waals surface area contributed by atoms with Crippen molar-refractivity contribution in [3.05, 3.63) is 18.0 Å². The fourth-order valence-electron chi connectivity index (χ4n) is 2.33. The third-order valence-corrected chi connectivity index (χ3v) is 3.31. The maximum atomic E-state index is 4.23. The molecule has 0 spiro atoms. The summed E-state index contributed by atoms with van der Waals surface area (Å²) in [7, 11) is 2.04. The summed E-state index contributed by atoms with van der Waals surface area (Å²) in [5, 5.41) is 4.23. The van der Waals surface area contributed by atoms with Gasteiger partial charge in [0.2, 0.25) is 0 Å². The lowest BCUT2D eigenvalue weighted by molar-refractivity contribution is 0.219. The summed E-state index contributed by atoms with van der Waals surface area (Å²) in [5.41, 5.74) is 1.40. The molecule has 14 heavy (non-hydrogen) atoms. The van der Waals surface area contributed by atoms with Crippen molar-refractivity contribution in [3.8, 4) is 0 Å². The van der Waals surface area contributed by atoms with Gasteiger partial charge >= 0.3 is 0 Å². The Morgan fingerprint density at radius 3 is 2.64 bits per heavy atom. The average Bonchev–Trinajstić information content (AvgIpc) is 2.65. The molecule has 0 bridgehead atoms. The Kier molecular flexibility index (Phi) is 2.87. The summed E-state index contributed by atoms with van der Waals surface area (Å²) in [6, 6.07) is 2.16. The average molecular weight is 193 g/mol. The van der Waals surface area contributed by atoms with Crippen LogP contribution >= 0.6 is 0 Å². The lowest BCUT2D eigenvalue weighted by Gasteiger charge is -2.30. The van der Waals surface area contributed by atoms with E-state index in [9.17, 15) is 0 Å². The number of hydrogen-bond donors (Lipinski definition) is 0. The number of likely N-dealkylation sites (tertiary alicyclic amines) is 1. The van der Waals surface area contributed by atoms with Crippen LogP contribution in [0.2, 0.25) is 0 Å². The van der Waals surface area contributed by atoms with E-state index in [1.54, 1.807) is 0 Å². The molecule has 1 aromatic rings. The standard InChI is InChI=1S/C11H19N3/c1-3-14-8-5-10(6-9-14)11-4-7-12-13(11)2/h4,7,10H,3,5-6,8-9H2,1-2H3. The van der Waals surface area contributed by atoms with Gasteiger partial charge in [-0.15, -0.1) is 0 Å². The highest BCUT2D eigenvalue weighted by atomic mass is 15.3. The van der Waals surface area contributed by atoms with Gasteiger partial charge in [0.25, 0.3) is 0 Å². The molecule has 1 aromatic heterocycles. The van der Waals surface area contributed by atoms with Gasteiger partial charge in [-0.3, -0.25) is 4.68 Å². The molecule has 0 atom stereocenters. The number of nitrogens with zero attached hydrogens (tertiary/aromatic N) is 3. The first-order valence-corrected chi connectivity index (χ1v) is 5.51. The van der Waals surface area contributed by atoms with E-state index in [1.807, 2.05) is 17.9 Å². The Balaban J connectivity index is 1.99. The first-order valence-electron chi connectivity index (χ1n) is 5.51. The van der Waals surface area contributed by atoms with Crippen LogP contribution in [0.1, 0.15) is 31.4 Å². The molecule has 0 saturated carbocycles. The Hall–Kier alpha value is -0.830. The summed E-state index contributed by atoms with van der Waals surface area (Å²) >= 11 is 0. The second-order valence-corrected chi connectivity index (χ2v) is 4.09. The number of rotatable bonds is 2. The van der Waals surface area contributed by atoms with E-state index in [-0.39, 0.29) is 0 Å². The highest BCUT2D eigenvalue weighted by Crippen LogP contribution is 2.26. The largest absolute Gasteiger partial charge is 0.304 e. The maximum Gasteiger partial charge on any atom is 0.0492 e. The van der Waals surface area contributed by atoms with E-state index in [2.05, 4.69) is 23.0 Å². The molecule has 0 aliphatic carbocycles. The van der Waals surface area contributed by atoms with E-state index in [1.165, 1.54) is 38.2 Å². The van der Waals surface area contributed by atoms with Gasteiger partial charge in [0.15, 0.2) is 0 Å². The fourth-order valence-corrected chi connectivity index (χ4v) is 2.33. The molecule has 0 radical (unpaired) electrons. The molecule has 78 valence electrons. The van der Waals surface area contributed by atoms with Crippen LogP contribution in [0.15, 0.2) is 12.3 Å². The molecule has 1 fully saturated rings. The van der Waals surface area contributed by atoms with Crippen molar-refractivity contribution in [1.29, 1.82) is 0 Å². The van der Waals surface area contributed by atoms with Crippen LogP contribution in [0.3, 0.4) is 0 Å². The van der Waals surface area contributed by atoms with Crippen molar-refractivity contribution in [2.75, 3.05) is 19.6 Å². The highest BCUT2D eigenvalue weighted by molar-refractivity contribution is 5.08. The van der Waals surface area contributed by atoms with Crippen molar-refractivity contribution in [1.82, 2.24) is 14.7 Å². The molecule has 0 amide bonds. The molecule has 3 nitrogen and oxygen atoms in total. The van der Waals surface area contributed by atoms with Gasteiger partial charge in [-0.25, -0.2) is 0 Å². The monoisotopic (exact) mass is 193 g/mol. The Morgan fingerprint density at radius 1 is 1.43 bits per heavy atom. The Bertz CT molecular complexity index is 284. The summed E-state index contributed by atoms with van der Waals surface area (Å²) in [6.45, 7) is 5.92. The van der Waals surface area contributed by atoms with Crippen molar-refractivity contribution >= 4 is 0 Å². The van der Waals surface area contributed by atoms with Gasteiger partial charge in [0.05, 0.1) is 0 Å². The van der Waals surface area contributed by atoms with Crippen LogP contribution in [0, 0.1) is 0 Å². The van der Waals surface area contributed by atoms with Crippen molar-refractivity contribution in [2.45, 2.75) is 25.7 Å². The third-order valence-electron chi connectivity index (χ3n) is 3.31. The van der Waals surface area contributed by atoms with Crippen LogP contribution in [-0.2, 0) is 7.05 Å². The Labute approximate surface area is 85.7 Å². The quantitative estimate of drug-likeness (QED) is 0.711. The molecule has 0 unspecified atom stereocenters. The van der Waals surface area contributed by atoms with E-state index < -0.39 is 0 Å². The topological polar surface area (TPSA) is 21.1 Å². The predicted molar refractivity (Wildman–Crippen MR) is 57.3 cm³/mol. The molecule has 0 N–H and O–H groups in total. The summed E-state index contributed by atoms with van der Waals surface area (Å²) in [6.07, 6.45) is 4.47. The minimum Gasteiger partial charge on any atom is -0.304 e. The second-order valence-electron chi connectivity index (χ2n) is 4.09. The molecular weight excluding hydrogens is 174 g/mol. The molecular formula is C11H19N3. The van der Waals surface area contributed by atoms with Crippen LogP contribution in [0.25, 0.3) is 0 Å². The SMILES string of the molecule is CCN1CCC(c2ccnn2C)CC1. The molecule has 0 aromatic carbocycles. The van der Waals surface area contributed by atoms with Crippen LogP contribution < -0.4 is 0 Å². The number of aromatic nitrogens is 2. The zero-order chi connectivity index (χ0) is 9.97. The molecule has 2 heterocycles. The van der Waals surface area contributed by atoms with E-state index >= 15 is 0 Å². The minimum atomic E-state index is 0.727. The fraction of sp³-hybridized carbons (Fsp3) is 0.727. The van der Waals surface area contributed by atoms with Gasteiger partial charge in [-0.1, -0.05) is 6.92 Å². The zero-order valence-electron chi connectivity index (χ0n) is 9.11. The van der Waals surface area contributed by atoms with Crippen molar-refractivity contribution in [2.24, 2.45) is 7.05 Å². The summed E-state index contributed by atoms with van der Waals surface area (Å²) in [5.74, 6) is 0.727. The van der Waals surface area contributed by atoms with Crippen molar-refractivity contribution < 1.29 is 0 Å². The van der Waals surface area contributed by atoms with Gasteiger partial charge in [0.1, 0.15) is 0 Å². The van der Waals surface area contributed by atoms with Gasteiger partial charge in [-0.05, 0) is 38.5 Å². The molecule has 3 heteroatoms. The predicted octanol–water partition coefficient (Wildman–Crippen LogP) is 1.62. The molecule has 1 aliphatic rings. The highest BCUT2D eigenvalue weighted by Gasteiger charge is 2.21. The van der Waals surface area contributed by atoms with Gasteiger partial charge < -0.3 is 4.90 Å². The Morgan fingerprint density at radius 2 is 2.14 bits per heavy atom. The normalized spacial score (nSPS) is 20.1. The lowest BCUT2D eigenvalue weighted by Crippen LogP contribution is -2.33. The smallest absolute Gasteiger partial charge is 0.0492 e.